The second-order valence-corrected chi connectivity index (χ2v) is 8.56. The lowest BCUT2D eigenvalue weighted by Crippen LogP contribution is -2.40. The van der Waals surface area contributed by atoms with Crippen molar-refractivity contribution in [2.24, 2.45) is 0 Å². The van der Waals surface area contributed by atoms with E-state index in [0.29, 0.717) is 32.1 Å². The third kappa shape index (κ3) is 5.53. The summed E-state index contributed by atoms with van der Waals surface area (Å²) in [5, 5.41) is 2.76. The van der Waals surface area contributed by atoms with E-state index < -0.39 is 10.0 Å². The Bertz CT molecular complexity index is 926. The number of rotatable bonds is 7. The van der Waals surface area contributed by atoms with Crippen molar-refractivity contribution in [3.05, 3.63) is 59.9 Å². The Balaban J connectivity index is 1.53. The Morgan fingerprint density at radius 1 is 1.14 bits per heavy atom. The molecule has 3 rings (SSSR count). The Morgan fingerprint density at radius 2 is 1.76 bits per heavy atom. The summed E-state index contributed by atoms with van der Waals surface area (Å²) >= 11 is 0. The molecule has 0 spiro atoms. The van der Waals surface area contributed by atoms with Crippen LogP contribution in [0.2, 0.25) is 0 Å². The highest BCUT2D eigenvalue weighted by atomic mass is 32.2. The van der Waals surface area contributed by atoms with E-state index in [0.717, 1.165) is 5.56 Å². The van der Waals surface area contributed by atoms with Crippen LogP contribution in [0.3, 0.4) is 0 Å². The summed E-state index contributed by atoms with van der Waals surface area (Å²) in [6, 6.07) is 11.5. The summed E-state index contributed by atoms with van der Waals surface area (Å²) in [4.78, 5) is 12.2. The van der Waals surface area contributed by atoms with Gasteiger partial charge in [0.05, 0.1) is 24.2 Å². The van der Waals surface area contributed by atoms with Gasteiger partial charge in [0.25, 0.3) is 5.91 Å². The van der Waals surface area contributed by atoms with Crippen molar-refractivity contribution >= 4 is 15.9 Å². The second kappa shape index (κ2) is 9.34. The molecule has 1 aliphatic rings. The Hall–Kier alpha value is -2.49. The molecule has 7 nitrogen and oxygen atoms in total. The third-order valence-electron chi connectivity index (χ3n) is 4.55. The fourth-order valence-corrected chi connectivity index (χ4v) is 4.32. The van der Waals surface area contributed by atoms with Gasteiger partial charge in [-0.3, -0.25) is 4.79 Å². The normalized spacial score (nSPS) is 16.2. The number of nitrogens with zero attached hydrogens (tertiary/aromatic N) is 1. The van der Waals surface area contributed by atoms with Crippen LogP contribution in [0, 0.1) is 5.82 Å². The molecule has 0 bridgehead atoms. The van der Waals surface area contributed by atoms with Gasteiger partial charge < -0.3 is 14.8 Å². The van der Waals surface area contributed by atoms with Crippen LogP contribution in [-0.2, 0) is 19.6 Å². The summed E-state index contributed by atoms with van der Waals surface area (Å²) < 4.78 is 50.1. The summed E-state index contributed by atoms with van der Waals surface area (Å²) in [6.45, 7) is 2.98. The van der Waals surface area contributed by atoms with Crippen molar-refractivity contribution < 1.29 is 27.1 Å². The molecule has 1 N–H and O–H groups in total. The number of nitrogens with one attached hydrogen (secondary N) is 1. The van der Waals surface area contributed by atoms with E-state index >= 15 is 0 Å². The van der Waals surface area contributed by atoms with Gasteiger partial charge in [0.15, 0.2) is 6.61 Å². The smallest absolute Gasteiger partial charge is 0.258 e. The summed E-state index contributed by atoms with van der Waals surface area (Å²) in [6.07, 6.45) is 0. The van der Waals surface area contributed by atoms with Gasteiger partial charge in [-0.15, -0.1) is 0 Å². The highest BCUT2D eigenvalue weighted by molar-refractivity contribution is 7.89. The lowest BCUT2D eigenvalue weighted by molar-refractivity contribution is -0.123. The maximum atomic E-state index is 13.0. The monoisotopic (exact) mass is 422 g/mol. The number of ether oxygens (including phenoxy) is 2. The first-order valence-corrected chi connectivity index (χ1v) is 10.7. The van der Waals surface area contributed by atoms with Gasteiger partial charge in [-0.2, -0.15) is 4.31 Å². The van der Waals surface area contributed by atoms with Crippen molar-refractivity contribution in [3.8, 4) is 5.75 Å². The lowest BCUT2D eigenvalue weighted by atomic mass is 10.1. The molecule has 2 aromatic rings. The molecule has 156 valence electrons. The van der Waals surface area contributed by atoms with Gasteiger partial charge in [0.1, 0.15) is 11.6 Å². The van der Waals surface area contributed by atoms with Crippen molar-refractivity contribution in [1.29, 1.82) is 0 Å². The van der Waals surface area contributed by atoms with E-state index in [1.165, 1.54) is 40.7 Å². The maximum absolute atomic E-state index is 13.0. The molecular formula is C20H23FN2O5S. The van der Waals surface area contributed by atoms with E-state index in [4.69, 9.17) is 9.47 Å². The first-order chi connectivity index (χ1) is 13.9. The van der Waals surface area contributed by atoms with Crippen LogP contribution in [0.25, 0.3) is 0 Å². The number of amides is 1. The first kappa shape index (κ1) is 21.2. The number of hydrogen-bond acceptors (Lipinski definition) is 5. The van der Waals surface area contributed by atoms with Gasteiger partial charge in [0.2, 0.25) is 10.0 Å². The molecule has 1 aliphatic heterocycles. The molecule has 1 atom stereocenters. The Morgan fingerprint density at radius 3 is 2.38 bits per heavy atom. The summed E-state index contributed by atoms with van der Waals surface area (Å²) in [5.74, 6) is -0.294. The van der Waals surface area contributed by atoms with Crippen molar-refractivity contribution in [2.45, 2.75) is 17.9 Å². The molecule has 0 unspecified atom stereocenters. The zero-order valence-corrected chi connectivity index (χ0v) is 16.8. The van der Waals surface area contributed by atoms with Crippen LogP contribution in [-0.4, -0.2) is 51.5 Å². The first-order valence-electron chi connectivity index (χ1n) is 9.22. The largest absolute Gasteiger partial charge is 0.484 e. The minimum atomic E-state index is -3.57. The zero-order valence-electron chi connectivity index (χ0n) is 16.0. The molecule has 2 aromatic carbocycles. The predicted molar refractivity (Wildman–Crippen MR) is 104 cm³/mol. The van der Waals surface area contributed by atoms with E-state index in [1.54, 1.807) is 19.1 Å². The quantitative estimate of drug-likeness (QED) is 0.739. The Kier molecular flexibility index (Phi) is 6.83. The average molecular weight is 422 g/mol. The van der Waals surface area contributed by atoms with Crippen molar-refractivity contribution in [3.63, 3.8) is 0 Å². The highest BCUT2D eigenvalue weighted by Gasteiger charge is 2.26. The van der Waals surface area contributed by atoms with Gasteiger partial charge in [-0.1, -0.05) is 12.1 Å². The third-order valence-corrected chi connectivity index (χ3v) is 6.46. The van der Waals surface area contributed by atoms with Crippen LogP contribution in [0.15, 0.2) is 53.4 Å². The number of carbonyl (C=O) groups is 1. The summed E-state index contributed by atoms with van der Waals surface area (Å²) in [5.41, 5.74) is 0.775. The predicted octanol–water partition coefficient (Wildman–Crippen LogP) is 2.10. The molecule has 9 heteroatoms. The van der Waals surface area contributed by atoms with Crippen molar-refractivity contribution in [2.75, 3.05) is 32.9 Å². The molecule has 1 amide bonds. The number of sulfonamides is 1. The topological polar surface area (TPSA) is 84.9 Å². The van der Waals surface area contributed by atoms with Gasteiger partial charge >= 0.3 is 0 Å². The van der Waals surface area contributed by atoms with Crippen LogP contribution in [0.4, 0.5) is 4.39 Å². The number of carbonyl (C=O) groups excluding carboxylic acids is 1. The van der Waals surface area contributed by atoms with Crippen LogP contribution in [0.1, 0.15) is 18.5 Å². The van der Waals surface area contributed by atoms with E-state index in [1.807, 2.05) is 0 Å². The van der Waals surface area contributed by atoms with Crippen LogP contribution < -0.4 is 10.1 Å². The van der Waals surface area contributed by atoms with E-state index in [2.05, 4.69) is 5.32 Å². The second-order valence-electron chi connectivity index (χ2n) is 6.62. The standard InChI is InChI=1S/C20H23FN2O5S/c1-15(16-2-4-17(21)5-3-16)22-20(24)14-28-18-6-8-19(9-7-18)29(25,26)23-10-12-27-13-11-23/h2-9,15H,10-14H2,1H3,(H,22,24)/t15-/m1/s1. The minimum Gasteiger partial charge on any atom is -0.484 e. The molecule has 1 fully saturated rings. The van der Waals surface area contributed by atoms with Crippen LogP contribution in [0.5, 0.6) is 5.75 Å². The number of morpholine rings is 1. The van der Waals surface area contributed by atoms with Gasteiger partial charge in [-0.25, -0.2) is 12.8 Å². The molecule has 0 aromatic heterocycles. The average Bonchev–Trinajstić information content (AvgIpc) is 2.73. The number of hydrogen-bond donors (Lipinski definition) is 1. The molecule has 0 aliphatic carbocycles. The molecule has 0 saturated carbocycles. The molecule has 1 heterocycles. The SMILES string of the molecule is C[C@@H](NC(=O)COc1ccc(S(=O)(=O)N2CCOCC2)cc1)c1ccc(F)cc1. The highest BCUT2D eigenvalue weighted by Crippen LogP contribution is 2.20. The molecule has 1 saturated heterocycles. The fraction of sp³-hybridized carbons (Fsp3) is 0.350. The molecule has 0 radical (unpaired) electrons. The zero-order chi connectivity index (χ0) is 20.9. The molecule has 29 heavy (non-hydrogen) atoms. The maximum Gasteiger partial charge on any atom is 0.258 e. The van der Waals surface area contributed by atoms with Gasteiger partial charge in [0, 0.05) is 13.1 Å². The summed E-state index contributed by atoms with van der Waals surface area (Å²) in [7, 11) is -3.57. The van der Waals surface area contributed by atoms with Crippen LogP contribution >= 0.6 is 0 Å². The van der Waals surface area contributed by atoms with E-state index in [-0.39, 0.29) is 29.3 Å². The number of benzene rings is 2. The minimum absolute atomic E-state index is 0.168. The molecular weight excluding hydrogens is 399 g/mol. The van der Waals surface area contributed by atoms with Gasteiger partial charge in [-0.05, 0) is 48.9 Å². The fourth-order valence-electron chi connectivity index (χ4n) is 2.91. The number of halogens is 1. The van der Waals surface area contributed by atoms with Crippen molar-refractivity contribution in [1.82, 2.24) is 9.62 Å². The lowest BCUT2D eigenvalue weighted by Gasteiger charge is -2.26. The Labute approximate surface area is 169 Å². The van der Waals surface area contributed by atoms with E-state index in [9.17, 15) is 17.6 Å².